The maximum absolute atomic E-state index is 4.71. The monoisotopic (exact) mass is 243 g/mol. The number of benzene rings is 1. The molecule has 0 radical (unpaired) electrons. The number of nitrogens with one attached hydrogen (secondary N) is 2. The Bertz CT molecular complexity index is 449. The Morgan fingerprint density at radius 3 is 2.89 bits per heavy atom. The van der Waals surface area contributed by atoms with E-state index in [1.54, 1.807) is 0 Å². The first-order chi connectivity index (χ1) is 8.86. The second-order valence-corrected chi connectivity index (χ2v) is 5.24. The first-order valence-electron chi connectivity index (χ1n) is 6.99. The molecule has 2 aliphatic rings. The number of fused-ring (bicyclic) bond motifs is 1. The van der Waals surface area contributed by atoms with Gasteiger partial charge in [0.15, 0.2) is 5.96 Å². The third kappa shape index (κ3) is 2.50. The average Bonchev–Trinajstić information content (AvgIpc) is 3.14. The van der Waals surface area contributed by atoms with Crippen LogP contribution < -0.4 is 10.6 Å². The van der Waals surface area contributed by atoms with Gasteiger partial charge in [-0.25, -0.2) is 0 Å². The summed E-state index contributed by atoms with van der Waals surface area (Å²) >= 11 is 0. The van der Waals surface area contributed by atoms with Crippen LogP contribution in [0.15, 0.2) is 29.3 Å². The lowest BCUT2D eigenvalue weighted by molar-refractivity contribution is 0.614. The molecule has 1 fully saturated rings. The van der Waals surface area contributed by atoms with Crippen LogP contribution in [0.2, 0.25) is 0 Å². The van der Waals surface area contributed by atoms with Crippen LogP contribution in [0.1, 0.15) is 36.8 Å². The van der Waals surface area contributed by atoms with Gasteiger partial charge in [0, 0.05) is 25.0 Å². The molecule has 1 aromatic carbocycles. The summed E-state index contributed by atoms with van der Waals surface area (Å²) in [6.45, 7) is 3.95. The topological polar surface area (TPSA) is 36.4 Å². The van der Waals surface area contributed by atoms with E-state index in [1.165, 1.54) is 30.4 Å². The van der Waals surface area contributed by atoms with Crippen molar-refractivity contribution in [2.75, 3.05) is 13.1 Å². The van der Waals surface area contributed by atoms with Crippen molar-refractivity contribution in [2.45, 2.75) is 38.1 Å². The lowest BCUT2D eigenvalue weighted by atomic mass is 9.78. The van der Waals surface area contributed by atoms with Crippen LogP contribution in [0.3, 0.4) is 0 Å². The zero-order valence-electron chi connectivity index (χ0n) is 10.9. The van der Waals surface area contributed by atoms with E-state index in [-0.39, 0.29) is 0 Å². The van der Waals surface area contributed by atoms with Crippen LogP contribution in [-0.4, -0.2) is 25.1 Å². The smallest absolute Gasteiger partial charge is 0.191 e. The predicted octanol–water partition coefficient (Wildman–Crippen LogP) is 2.04. The molecule has 1 atom stereocenters. The SMILES string of the molecule is CCNC(=NCC1Cc2ccccc21)NC1CC1. The minimum atomic E-state index is 0.621. The summed E-state index contributed by atoms with van der Waals surface area (Å²) in [6, 6.07) is 9.37. The molecule has 0 aliphatic heterocycles. The molecule has 2 N–H and O–H groups in total. The summed E-state index contributed by atoms with van der Waals surface area (Å²) in [5, 5.41) is 6.78. The van der Waals surface area contributed by atoms with Crippen molar-refractivity contribution in [3.05, 3.63) is 35.4 Å². The van der Waals surface area contributed by atoms with Gasteiger partial charge in [-0.15, -0.1) is 0 Å². The van der Waals surface area contributed by atoms with Gasteiger partial charge in [0.1, 0.15) is 0 Å². The highest BCUT2D eigenvalue weighted by Crippen LogP contribution is 2.34. The van der Waals surface area contributed by atoms with Gasteiger partial charge in [0.25, 0.3) is 0 Å². The molecule has 2 aliphatic carbocycles. The standard InChI is InChI=1S/C15H21N3/c1-2-16-15(18-13-7-8-13)17-10-12-9-11-5-3-4-6-14(11)12/h3-6,12-13H,2,7-10H2,1H3,(H2,16,17,18). The molecule has 0 amide bonds. The van der Waals surface area contributed by atoms with Crippen molar-refractivity contribution in [1.29, 1.82) is 0 Å². The molecule has 96 valence electrons. The molecule has 0 heterocycles. The Kier molecular flexibility index (Phi) is 3.22. The number of hydrogen-bond donors (Lipinski definition) is 2. The average molecular weight is 243 g/mol. The number of aliphatic imine (C=N–C) groups is 1. The highest BCUT2D eigenvalue weighted by atomic mass is 15.2. The van der Waals surface area contributed by atoms with Crippen LogP contribution >= 0.6 is 0 Å². The summed E-state index contributed by atoms with van der Waals surface area (Å²) in [5.74, 6) is 1.61. The van der Waals surface area contributed by atoms with Gasteiger partial charge in [0.2, 0.25) is 0 Å². The Morgan fingerprint density at radius 1 is 1.33 bits per heavy atom. The van der Waals surface area contributed by atoms with Crippen LogP contribution in [-0.2, 0) is 6.42 Å². The molecule has 1 unspecified atom stereocenters. The summed E-state index contributed by atoms with van der Waals surface area (Å²) in [5.41, 5.74) is 2.99. The molecule has 0 saturated heterocycles. The van der Waals surface area contributed by atoms with E-state index in [4.69, 9.17) is 4.99 Å². The zero-order valence-corrected chi connectivity index (χ0v) is 10.9. The van der Waals surface area contributed by atoms with Crippen LogP contribution in [0.25, 0.3) is 0 Å². The molecule has 3 rings (SSSR count). The molecule has 3 heteroatoms. The molecule has 18 heavy (non-hydrogen) atoms. The zero-order chi connectivity index (χ0) is 12.4. The van der Waals surface area contributed by atoms with Gasteiger partial charge in [-0.3, -0.25) is 4.99 Å². The van der Waals surface area contributed by atoms with Crippen molar-refractivity contribution in [2.24, 2.45) is 4.99 Å². The first-order valence-corrected chi connectivity index (χ1v) is 6.99. The molecule has 3 nitrogen and oxygen atoms in total. The van der Waals surface area contributed by atoms with E-state index >= 15 is 0 Å². The fourth-order valence-electron chi connectivity index (χ4n) is 2.47. The highest BCUT2D eigenvalue weighted by Gasteiger charge is 2.26. The second-order valence-electron chi connectivity index (χ2n) is 5.24. The number of guanidine groups is 1. The van der Waals surface area contributed by atoms with Crippen molar-refractivity contribution in [3.8, 4) is 0 Å². The van der Waals surface area contributed by atoms with Crippen LogP contribution in [0.5, 0.6) is 0 Å². The van der Waals surface area contributed by atoms with E-state index in [2.05, 4.69) is 41.8 Å². The van der Waals surface area contributed by atoms with E-state index in [9.17, 15) is 0 Å². The van der Waals surface area contributed by atoms with Crippen LogP contribution in [0, 0.1) is 0 Å². The van der Waals surface area contributed by atoms with Gasteiger partial charge in [-0.2, -0.15) is 0 Å². The largest absolute Gasteiger partial charge is 0.357 e. The molecule has 0 bridgehead atoms. The summed E-state index contributed by atoms with van der Waals surface area (Å²) in [4.78, 5) is 4.71. The van der Waals surface area contributed by atoms with Crippen molar-refractivity contribution in [1.82, 2.24) is 10.6 Å². The molecule has 1 aromatic rings. The molecule has 0 spiro atoms. The predicted molar refractivity (Wildman–Crippen MR) is 75.0 cm³/mol. The van der Waals surface area contributed by atoms with E-state index in [1.807, 2.05) is 0 Å². The van der Waals surface area contributed by atoms with E-state index in [0.717, 1.165) is 19.0 Å². The Morgan fingerprint density at radius 2 is 2.17 bits per heavy atom. The summed E-state index contributed by atoms with van der Waals surface area (Å²) in [7, 11) is 0. The molecule has 0 aromatic heterocycles. The Balaban J connectivity index is 1.59. The fourth-order valence-corrected chi connectivity index (χ4v) is 2.47. The van der Waals surface area contributed by atoms with Gasteiger partial charge in [-0.1, -0.05) is 24.3 Å². The van der Waals surface area contributed by atoms with Gasteiger partial charge in [-0.05, 0) is 37.3 Å². The normalized spacial score (nSPS) is 22.1. The number of rotatable bonds is 4. The van der Waals surface area contributed by atoms with Crippen LogP contribution in [0.4, 0.5) is 0 Å². The quantitative estimate of drug-likeness (QED) is 0.627. The van der Waals surface area contributed by atoms with Crippen molar-refractivity contribution in [3.63, 3.8) is 0 Å². The van der Waals surface area contributed by atoms with Gasteiger partial charge >= 0.3 is 0 Å². The van der Waals surface area contributed by atoms with E-state index in [0.29, 0.717) is 12.0 Å². The van der Waals surface area contributed by atoms with Crippen molar-refractivity contribution < 1.29 is 0 Å². The number of nitrogens with zero attached hydrogens (tertiary/aromatic N) is 1. The third-order valence-electron chi connectivity index (χ3n) is 3.69. The summed E-state index contributed by atoms with van der Waals surface area (Å²) < 4.78 is 0. The number of hydrogen-bond acceptors (Lipinski definition) is 1. The summed E-state index contributed by atoms with van der Waals surface area (Å²) in [6.07, 6.45) is 3.76. The Hall–Kier alpha value is -1.51. The highest BCUT2D eigenvalue weighted by molar-refractivity contribution is 5.80. The molecule has 1 saturated carbocycles. The molecular weight excluding hydrogens is 222 g/mol. The van der Waals surface area contributed by atoms with E-state index < -0.39 is 0 Å². The lowest BCUT2D eigenvalue weighted by Crippen LogP contribution is -2.39. The lowest BCUT2D eigenvalue weighted by Gasteiger charge is -2.28. The van der Waals surface area contributed by atoms with Crippen molar-refractivity contribution >= 4 is 5.96 Å². The Labute approximate surface area is 109 Å². The first kappa shape index (κ1) is 11.6. The van der Waals surface area contributed by atoms with Gasteiger partial charge < -0.3 is 10.6 Å². The van der Waals surface area contributed by atoms with Gasteiger partial charge in [0.05, 0.1) is 0 Å². The maximum atomic E-state index is 4.71. The molecular formula is C15H21N3. The third-order valence-corrected chi connectivity index (χ3v) is 3.69. The minimum Gasteiger partial charge on any atom is -0.357 e. The fraction of sp³-hybridized carbons (Fsp3) is 0.533. The second kappa shape index (κ2) is 5.01. The maximum Gasteiger partial charge on any atom is 0.191 e. The minimum absolute atomic E-state index is 0.621.